The second-order valence-electron chi connectivity index (χ2n) is 5.07. The molecule has 1 aromatic heterocycles. The molecule has 0 fully saturated rings. The summed E-state index contributed by atoms with van der Waals surface area (Å²) in [5.74, 6) is -0.556. The second kappa shape index (κ2) is 6.45. The van der Waals surface area contributed by atoms with Crippen molar-refractivity contribution in [3.63, 3.8) is 0 Å². The van der Waals surface area contributed by atoms with Crippen LogP contribution >= 0.6 is 0 Å². The SMILES string of the molecule is COc1ccc2cc(C(=O)/C(=N/O)c3ccnc(F)c3)ccc2c1. The summed E-state index contributed by atoms with van der Waals surface area (Å²) in [5.41, 5.74) is 0.242. The quantitative estimate of drug-likeness (QED) is 0.262. The minimum absolute atomic E-state index is 0.157. The van der Waals surface area contributed by atoms with Gasteiger partial charge in [0.1, 0.15) is 5.75 Å². The molecule has 0 atom stereocenters. The predicted octanol–water partition coefficient (Wildman–Crippen LogP) is 3.44. The Morgan fingerprint density at radius 1 is 1.08 bits per heavy atom. The van der Waals surface area contributed by atoms with Gasteiger partial charge >= 0.3 is 0 Å². The van der Waals surface area contributed by atoms with Gasteiger partial charge in [-0.2, -0.15) is 4.39 Å². The number of hydrogen-bond acceptors (Lipinski definition) is 5. The van der Waals surface area contributed by atoms with Crippen LogP contribution in [0.15, 0.2) is 59.9 Å². The minimum Gasteiger partial charge on any atom is -0.497 e. The number of benzene rings is 2. The van der Waals surface area contributed by atoms with E-state index in [2.05, 4.69) is 10.1 Å². The van der Waals surface area contributed by atoms with E-state index in [0.717, 1.165) is 16.8 Å². The number of carbonyl (C=O) groups is 1. The molecule has 0 bridgehead atoms. The standard InChI is InChI=1S/C18H13FN2O3/c1-24-15-5-4-11-8-14(3-2-12(11)9-15)18(22)17(21-23)13-6-7-20-16(19)10-13/h2-10,23H,1H3/b21-17+. The van der Waals surface area contributed by atoms with E-state index < -0.39 is 11.7 Å². The maximum absolute atomic E-state index is 13.2. The number of methoxy groups -OCH3 is 1. The topological polar surface area (TPSA) is 71.8 Å². The number of Topliss-reactive ketones (excluding diaryl/α,β-unsaturated/α-hetero) is 1. The number of fused-ring (bicyclic) bond motifs is 1. The van der Waals surface area contributed by atoms with Crippen LogP contribution in [0.1, 0.15) is 15.9 Å². The number of carbonyl (C=O) groups excluding carboxylic acids is 1. The molecule has 0 amide bonds. The summed E-state index contributed by atoms with van der Waals surface area (Å²) in [6, 6.07) is 13.0. The van der Waals surface area contributed by atoms with E-state index in [1.807, 2.05) is 12.1 Å². The van der Waals surface area contributed by atoms with Crippen molar-refractivity contribution in [2.75, 3.05) is 7.11 Å². The molecule has 1 N–H and O–H groups in total. The first-order valence-electron chi connectivity index (χ1n) is 7.09. The summed E-state index contributed by atoms with van der Waals surface area (Å²) in [4.78, 5) is 16.0. The average molecular weight is 324 g/mol. The van der Waals surface area contributed by atoms with Crippen LogP contribution in [-0.2, 0) is 0 Å². The normalized spacial score (nSPS) is 11.5. The Morgan fingerprint density at radius 2 is 1.83 bits per heavy atom. The highest BCUT2D eigenvalue weighted by Gasteiger charge is 2.18. The number of pyridine rings is 1. The summed E-state index contributed by atoms with van der Waals surface area (Å²) in [6.45, 7) is 0. The van der Waals surface area contributed by atoms with Gasteiger partial charge in [-0.3, -0.25) is 4.79 Å². The lowest BCUT2D eigenvalue weighted by Crippen LogP contribution is -2.16. The van der Waals surface area contributed by atoms with Crippen LogP contribution in [0.5, 0.6) is 5.75 Å². The van der Waals surface area contributed by atoms with Gasteiger partial charge in [-0.1, -0.05) is 23.4 Å². The molecule has 0 saturated heterocycles. The number of hydrogen-bond donors (Lipinski definition) is 1. The minimum atomic E-state index is -0.757. The summed E-state index contributed by atoms with van der Waals surface area (Å²) < 4.78 is 18.4. The van der Waals surface area contributed by atoms with Gasteiger partial charge in [0.2, 0.25) is 11.7 Å². The van der Waals surface area contributed by atoms with E-state index in [4.69, 9.17) is 4.74 Å². The number of halogens is 1. The molecular formula is C18H13FN2O3. The smallest absolute Gasteiger partial charge is 0.215 e. The molecule has 0 aliphatic carbocycles. The first-order valence-corrected chi connectivity index (χ1v) is 7.09. The van der Waals surface area contributed by atoms with Gasteiger partial charge in [0.05, 0.1) is 7.11 Å². The van der Waals surface area contributed by atoms with Crippen molar-refractivity contribution in [2.24, 2.45) is 5.16 Å². The van der Waals surface area contributed by atoms with Crippen LogP contribution in [-0.4, -0.2) is 28.8 Å². The van der Waals surface area contributed by atoms with Gasteiger partial charge in [0.15, 0.2) is 5.71 Å². The first kappa shape index (κ1) is 15.6. The molecule has 3 aromatic rings. The van der Waals surface area contributed by atoms with Crippen molar-refractivity contribution in [2.45, 2.75) is 0 Å². The fourth-order valence-corrected chi connectivity index (χ4v) is 2.41. The van der Waals surface area contributed by atoms with Crippen molar-refractivity contribution in [1.82, 2.24) is 4.98 Å². The molecule has 0 unspecified atom stereocenters. The number of aromatic nitrogens is 1. The van der Waals surface area contributed by atoms with Crippen LogP contribution in [0.4, 0.5) is 4.39 Å². The molecule has 0 spiro atoms. The van der Waals surface area contributed by atoms with Gasteiger partial charge in [-0.25, -0.2) is 4.98 Å². The maximum Gasteiger partial charge on any atom is 0.215 e. The van der Waals surface area contributed by atoms with Crippen molar-refractivity contribution >= 4 is 22.3 Å². The van der Waals surface area contributed by atoms with Crippen LogP contribution in [0.2, 0.25) is 0 Å². The maximum atomic E-state index is 13.2. The zero-order valence-electron chi connectivity index (χ0n) is 12.7. The lowest BCUT2D eigenvalue weighted by Gasteiger charge is -2.07. The Kier molecular flexibility index (Phi) is 4.20. The fraction of sp³-hybridized carbons (Fsp3) is 0.0556. The van der Waals surface area contributed by atoms with E-state index in [1.54, 1.807) is 31.4 Å². The molecule has 0 saturated carbocycles. The van der Waals surface area contributed by atoms with E-state index in [-0.39, 0.29) is 11.3 Å². The molecular weight excluding hydrogens is 311 g/mol. The average Bonchev–Trinajstić information content (AvgIpc) is 2.61. The van der Waals surface area contributed by atoms with Crippen molar-refractivity contribution in [3.05, 3.63) is 71.8 Å². The molecule has 24 heavy (non-hydrogen) atoms. The number of ether oxygens (including phenoxy) is 1. The van der Waals surface area contributed by atoms with Gasteiger partial charge in [0.25, 0.3) is 0 Å². The second-order valence-corrected chi connectivity index (χ2v) is 5.07. The summed E-state index contributed by atoms with van der Waals surface area (Å²) in [5, 5.41) is 14.0. The number of rotatable bonds is 4. The van der Waals surface area contributed by atoms with Crippen LogP contribution in [0.3, 0.4) is 0 Å². The summed E-state index contributed by atoms with van der Waals surface area (Å²) in [6.07, 6.45) is 1.20. The fourth-order valence-electron chi connectivity index (χ4n) is 2.41. The predicted molar refractivity (Wildman–Crippen MR) is 87.3 cm³/mol. The zero-order chi connectivity index (χ0) is 17.1. The third-order valence-electron chi connectivity index (χ3n) is 3.62. The Labute approximate surface area is 137 Å². The Morgan fingerprint density at radius 3 is 2.54 bits per heavy atom. The van der Waals surface area contributed by atoms with Crippen molar-refractivity contribution in [1.29, 1.82) is 0 Å². The molecule has 1 heterocycles. The Bertz CT molecular complexity index is 954. The highest BCUT2D eigenvalue weighted by molar-refractivity contribution is 6.51. The zero-order valence-corrected chi connectivity index (χ0v) is 12.7. The van der Waals surface area contributed by atoms with Gasteiger partial charge in [0, 0.05) is 23.4 Å². The first-order chi connectivity index (χ1) is 11.6. The monoisotopic (exact) mass is 324 g/mol. The molecule has 0 aliphatic heterocycles. The molecule has 3 rings (SSSR count). The third-order valence-corrected chi connectivity index (χ3v) is 3.62. The van der Waals surface area contributed by atoms with Gasteiger partial charge in [-0.05, 0) is 35.0 Å². The van der Waals surface area contributed by atoms with E-state index >= 15 is 0 Å². The third kappa shape index (κ3) is 2.94. The molecule has 0 aliphatic rings. The van der Waals surface area contributed by atoms with Crippen LogP contribution < -0.4 is 4.74 Å². The van der Waals surface area contributed by atoms with Crippen molar-refractivity contribution < 1.29 is 19.1 Å². The molecule has 6 heteroatoms. The molecule has 2 aromatic carbocycles. The summed E-state index contributed by atoms with van der Waals surface area (Å²) in [7, 11) is 1.58. The lowest BCUT2D eigenvalue weighted by molar-refractivity contribution is 0.106. The van der Waals surface area contributed by atoms with Gasteiger partial charge < -0.3 is 9.94 Å². The van der Waals surface area contributed by atoms with Gasteiger partial charge in [-0.15, -0.1) is 0 Å². The largest absolute Gasteiger partial charge is 0.497 e. The molecule has 5 nitrogen and oxygen atoms in total. The number of nitrogens with zero attached hydrogens (tertiary/aromatic N) is 2. The molecule has 120 valence electrons. The Balaban J connectivity index is 2.01. The van der Waals surface area contributed by atoms with E-state index in [1.165, 1.54) is 12.3 Å². The van der Waals surface area contributed by atoms with Crippen LogP contribution in [0, 0.1) is 5.95 Å². The van der Waals surface area contributed by atoms with Crippen LogP contribution in [0.25, 0.3) is 10.8 Å². The highest BCUT2D eigenvalue weighted by Crippen LogP contribution is 2.22. The molecule has 0 radical (unpaired) electrons. The lowest BCUT2D eigenvalue weighted by atomic mass is 9.99. The van der Waals surface area contributed by atoms with Crippen molar-refractivity contribution in [3.8, 4) is 5.75 Å². The highest BCUT2D eigenvalue weighted by atomic mass is 19.1. The summed E-state index contributed by atoms with van der Waals surface area (Å²) >= 11 is 0. The number of oxime groups is 1. The van der Waals surface area contributed by atoms with E-state index in [9.17, 15) is 14.4 Å². The number of ketones is 1. The van der Waals surface area contributed by atoms with E-state index in [0.29, 0.717) is 11.3 Å². The Hall–Kier alpha value is -3.28.